The summed E-state index contributed by atoms with van der Waals surface area (Å²) < 4.78 is 13.1. The smallest absolute Gasteiger partial charge is 0.220 e. The molecule has 2 N–H and O–H groups in total. The van der Waals surface area contributed by atoms with Gasteiger partial charge in [0.1, 0.15) is 0 Å². The van der Waals surface area contributed by atoms with Crippen LogP contribution in [0.1, 0.15) is 138 Å². The van der Waals surface area contributed by atoms with Crippen molar-refractivity contribution in [3.8, 4) is 0 Å². The van der Waals surface area contributed by atoms with Crippen molar-refractivity contribution < 1.29 is 19.4 Å². The number of amides is 1. The molecule has 256 valence electrons. The van der Waals surface area contributed by atoms with Gasteiger partial charge in [-0.25, -0.2) is 0 Å². The Morgan fingerprint density at radius 3 is 1.93 bits per heavy atom. The lowest BCUT2D eigenvalue weighted by Gasteiger charge is -2.42. The van der Waals surface area contributed by atoms with Crippen LogP contribution in [-0.2, 0) is 27.4 Å². The van der Waals surface area contributed by atoms with Gasteiger partial charge in [0, 0.05) is 37.5 Å². The van der Waals surface area contributed by atoms with Crippen LogP contribution in [0.15, 0.2) is 61.2 Å². The highest BCUT2D eigenvalue weighted by Gasteiger charge is 2.38. The Kier molecular flexibility index (Phi) is 18.3. The lowest BCUT2D eigenvalue weighted by atomic mass is 9.90. The molecular weight excluding hydrogens is 572 g/mol. The highest BCUT2D eigenvalue weighted by atomic mass is 16.7. The van der Waals surface area contributed by atoms with Crippen LogP contribution in [0.3, 0.4) is 0 Å². The Hall–Kier alpha value is -2.51. The van der Waals surface area contributed by atoms with Crippen molar-refractivity contribution in [2.75, 3.05) is 20.1 Å². The number of benzene rings is 2. The number of nitrogens with zero attached hydrogens (tertiary/aromatic N) is 1. The van der Waals surface area contributed by atoms with Crippen LogP contribution in [-0.4, -0.2) is 42.2 Å². The van der Waals surface area contributed by atoms with Crippen molar-refractivity contribution in [2.24, 2.45) is 5.92 Å². The maximum absolute atomic E-state index is 12.5. The van der Waals surface area contributed by atoms with E-state index in [-0.39, 0.29) is 30.6 Å². The average Bonchev–Trinajstić information content (AvgIpc) is 3.07. The van der Waals surface area contributed by atoms with Crippen molar-refractivity contribution in [1.82, 2.24) is 10.2 Å². The van der Waals surface area contributed by atoms with Gasteiger partial charge in [0.15, 0.2) is 6.29 Å². The summed E-state index contributed by atoms with van der Waals surface area (Å²) in [5.74, 6) is 0.259. The van der Waals surface area contributed by atoms with E-state index < -0.39 is 6.29 Å². The average molecular weight is 635 g/mol. The number of rotatable bonds is 23. The predicted octanol–water partition coefficient (Wildman–Crippen LogP) is 9.19. The first-order chi connectivity index (χ1) is 22.4. The van der Waals surface area contributed by atoms with Gasteiger partial charge < -0.3 is 24.8 Å². The first-order valence-electron chi connectivity index (χ1n) is 18.1. The van der Waals surface area contributed by atoms with Crippen molar-refractivity contribution in [2.45, 2.75) is 135 Å². The second-order valence-corrected chi connectivity index (χ2v) is 13.3. The summed E-state index contributed by atoms with van der Waals surface area (Å²) in [6.45, 7) is 10.4. The quantitative estimate of drug-likeness (QED) is 0.0942. The number of carbonyl (C=O) groups excluding carboxylic acids is 1. The van der Waals surface area contributed by atoms with E-state index >= 15 is 0 Å². The molecule has 0 aliphatic carbocycles. The predicted molar refractivity (Wildman–Crippen MR) is 189 cm³/mol. The van der Waals surface area contributed by atoms with E-state index in [9.17, 15) is 9.90 Å². The Labute approximate surface area is 280 Å². The van der Waals surface area contributed by atoms with Gasteiger partial charge in [0.2, 0.25) is 5.91 Å². The third-order valence-electron chi connectivity index (χ3n) is 9.30. The Balaban J connectivity index is 1.40. The molecule has 4 atom stereocenters. The summed E-state index contributed by atoms with van der Waals surface area (Å²) >= 11 is 0. The summed E-state index contributed by atoms with van der Waals surface area (Å²) in [6, 6.07) is 16.2. The van der Waals surface area contributed by atoms with Crippen molar-refractivity contribution in [3.63, 3.8) is 0 Å². The molecule has 1 amide bonds. The Bertz CT molecular complexity index is 1100. The molecule has 6 nitrogen and oxygen atoms in total. The number of unbranched alkanes of at least 4 members (excludes halogenated alkanes) is 12. The zero-order chi connectivity index (χ0) is 33.0. The second-order valence-electron chi connectivity index (χ2n) is 13.3. The zero-order valence-electron chi connectivity index (χ0n) is 29.1. The molecule has 1 aliphatic rings. The van der Waals surface area contributed by atoms with Crippen LogP contribution < -0.4 is 5.32 Å². The van der Waals surface area contributed by atoms with E-state index in [1.807, 2.05) is 42.5 Å². The minimum atomic E-state index is -0.500. The molecule has 1 saturated heterocycles. The Morgan fingerprint density at radius 1 is 0.826 bits per heavy atom. The van der Waals surface area contributed by atoms with Crippen LogP contribution in [0.2, 0.25) is 0 Å². The minimum absolute atomic E-state index is 0.0221. The molecule has 1 unspecified atom stereocenters. The van der Waals surface area contributed by atoms with E-state index in [2.05, 4.69) is 49.8 Å². The summed E-state index contributed by atoms with van der Waals surface area (Å²) in [6.07, 6.45) is 18.8. The van der Waals surface area contributed by atoms with Gasteiger partial charge in [-0.3, -0.25) is 4.79 Å². The fourth-order valence-electron chi connectivity index (χ4n) is 6.32. The molecule has 0 bridgehead atoms. The number of hydrogen-bond acceptors (Lipinski definition) is 5. The maximum atomic E-state index is 12.5. The van der Waals surface area contributed by atoms with Crippen molar-refractivity contribution >= 4 is 5.91 Å². The summed E-state index contributed by atoms with van der Waals surface area (Å²) in [7, 11) is 2.08. The molecular formula is C40H62N2O4. The second kappa shape index (κ2) is 22.1. The highest BCUT2D eigenvalue weighted by Crippen LogP contribution is 2.41. The van der Waals surface area contributed by atoms with E-state index in [0.29, 0.717) is 13.0 Å². The number of aliphatic hydroxyl groups is 1. The number of aliphatic hydroxyl groups excluding tert-OH is 1. The fourth-order valence-corrected chi connectivity index (χ4v) is 6.32. The summed E-state index contributed by atoms with van der Waals surface area (Å²) in [5.41, 5.74) is 3.99. The lowest BCUT2D eigenvalue weighted by Crippen LogP contribution is -2.43. The van der Waals surface area contributed by atoms with Gasteiger partial charge in [-0.15, -0.1) is 6.58 Å². The SMILES string of the molecule is C=CCN(C)C[C@H]1OC(c2ccc(CNC(=O)CCCCCCCCCCCCCCC)cc2)O[C@@H](c2ccc(CO)cc2)[C@H]1C. The third-order valence-corrected chi connectivity index (χ3v) is 9.30. The number of carbonyl (C=O) groups is 1. The third kappa shape index (κ3) is 13.7. The van der Waals surface area contributed by atoms with Crippen LogP contribution in [0.25, 0.3) is 0 Å². The molecule has 1 fully saturated rings. The van der Waals surface area contributed by atoms with E-state index in [1.54, 1.807) is 0 Å². The first-order valence-corrected chi connectivity index (χ1v) is 18.1. The largest absolute Gasteiger partial charge is 0.392 e. The normalized spacial score (nSPS) is 19.8. The van der Waals surface area contributed by atoms with Crippen LogP contribution in [0.5, 0.6) is 0 Å². The molecule has 2 aromatic carbocycles. The topological polar surface area (TPSA) is 71.0 Å². The Morgan fingerprint density at radius 2 is 1.37 bits per heavy atom. The lowest BCUT2D eigenvalue weighted by molar-refractivity contribution is -0.275. The molecule has 3 rings (SSSR count). The molecule has 0 spiro atoms. The monoisotopic (exact) mass is 634 g/mol. The number of ether oxygens (including phenoxy) is 2. The van der Waals surface area contributed by atoms with Crippen molar-refractivity contribution in [3.05, 3.63) is 83.4 Å². The number of nitrogens with one attached hydrogen (secondary N) is 1. The molecule has 6 heteroatoms. The van der Waals surface area contributed by atoms with Gasteiger partial charge in [-0.1, -0.05) is 146 Å². The molecule has 2 aromatic rings. The van der Waals surface area contributed by atoms with Gasteiger partial charge in [-0.2, -0.15) is 0 Å². The summed E-state index contributed by atoms with van der Waals surface area (Å²) in [5, 5.41) is 12.6. The molecule has 0 radical (unpaired) electrons. The van der Waals surface area contributed by atoms with E-state index in [0.717, 1.165) is 48.2 Å². The molecule has 1 aliphatic heterocycles. The number of likely N-dealkylation sites (N-methyl/N-ethyl adjacent to an activating group) is 1. The van der Waals surface area contributed by atoms with E-state index in [4.69, 9.17) is 9.47 Å². The number of hydrogen-bond donors (Lipinski definition) is 2. The van der Waals surface area contributed by atoms with Crippen LogP contribution in [0, 0.1) is 5.92 Å². The molecule has 0 aromatic heterocycles. The van der Waals surface area contributed by atoms with Gasteiger partial charge in [-0.05, 0) is 30.2 Å². The fraction of sp³-hybridized carbons (Fsp3) is 0.625. The van der Waals surface area contributed by atoms with Crippen LogP contribution in [0.4, 0.5) is 0 Å². The zero-order valence-corrected chi connectivity index (χ0v) is 29.1. The van der Waals surface area contributed by atoms with Crippen molar-refractivity contribution in [1.29, 1.82) is 0 Å². The molecule has 1 heterocycles. The van der Waals surface area contributed by atoms with Crippen LogP contribution >= 0.6 is 0 Å². The van der Waals surface area contributed by atoms with E-state index in [1.165, 1.54) is 70.6 Å². The van der Waals surface area contributed by atoms with Gasteiger partial charge in [0.05, 0.1) is 18.8 Å². The summed E-state index contributed by atoms with van der Waals surface area (Å²) in [4.78, 5) is 14.7. The maximum Gasteiger partial charge on any atom is 0.220 e. The highest BCUT2D eigenvalue weighted by molar-refractivity contribution is 5.75. The van der Waals surface area contributed by atoms with Gasteiger partial charge >= 0.3 is 0 Å². The molecule has 0 saturated carbocycles. The minimum Gasteiger partial charge on any atom is -0.392 e. The molecule has 46 heavy (non-hydrogen) atoms. The first kappa shape index (κ1) is 37.9. The standard InChI is InChI=1S/C40H62N2O4/c1-5-7-8-9-10-11-12-13-14-15-16-17-18-19-38(44)41-29-33-20-26-36(27-21-33)40-45-37(30-42(4)28-6-2)32(3)39(46-40)35-24-22-34(31-43)23-25-35/h6,20-27,32,37,39-40,43H,2,5,7-19,28-31H2,1,3-4H3,(H,41,44)/t32-,37+,39+,40?/m0/s1. The van der Waals surface area contributed by atoms with Gasteiger partial charge in [0.25, 0.3) is 0 Å².